The third-order valence-electron chi connectivity index (χ3n) is 2.86. The van der Waals surface area contributed by atoms with E-state index < -0.39 is 24.2 Å². The van der Waals surface area contributed by atoms with Gasteiger partial charge in [-0.1, -0.05) is 29.8 Å². The van der Waals surface area contributed by atoms with Gasteiger partial charge in [-0.05, 0) is 19.4 Å². The number of alkyl halides is 3. The van der Waals surface area contributed by atoms with E-state index in [1.165, 1.54) is 6.92 Å². The molecule has 0 amide bonds. The molecule has 0 radical (unpaired) electrons. The molecule has 0 bridgehead atoms. The van der Waals surface area contributed by atoms with Crippen LogP contribution in [-0.2, 0) is 15.1 Å². The summed E-state index contributed by atoms with van der Waals surface area (Å²) >= 11 is 0. The second-order valence-corrected chi connectivity index (χ2v) is 4.45. The summed E-state index contributed by atoms with van der Waals surface area (Å²) in [6.07, 6.45) is -4.40. The molecule has 0 heterocycles. The van der Waals surface area contributed by atoms with Gasteiger partial charge >= 0.3 is 12.1 Å². The van der Waals surface area contributed by atoms with Crippen LogP contribution in [0.1, 0.15) is 18.1 Å². The van der Waals surface area contributed by atoms with Gasteiger partial charge in [0.05, 0.1) is 13.7 Å². The number of ether oxygens (including phenoxy) is 1. The molecule has 3 nitrogen and oxygen atoms in total. The Morgan fingerprint density at radius 3 is 2.21 bits per heavy atom. The third kappa shape index (κ3) is 3.96. The van der Waals surface area contributed by atoms with E-state index >= 15 is 0 Å². The Morgan fingerprint density at radius 2 is 1.79 bits per heavy atom. The van der Waals surface area contributed by atoms with Crippen molar-refractivity contribution in [1.29, 1.82) is 0 Å². The van der Waals surface area contributed by atoms with Crippen molar-refractivity contribution in [3.8, 4) is 0 Å². The SMILES string of the molecule is COC(=O)C(C)(NCC(F)(F)F)c1ccc(C)cc1. The summed E-state index contributed by atoms with van der Waals surface area (Å²) < 4.78 is 41.6. The van der Waals surface area contributed by atoms with E-state index in [2.05, 4.69) is 10.1 Å². The maximum absolute atomic E-state index is 12.3. The van der Waals surface area contributed by atoms with Gasteiger partial charge in [0.25, 0.3) is 0 Å². The van der Waals surface area contributed by atoms with Gasteiger partial charge in [0, 0.05) is 0 Å². The number of carbonyl (C=O) groups excluding carboxylic acids is 1. The molecular formula is C13H16F3NO2. The van der Waals surface area contributed by atoms with Gasteiger partial charge in [0.2, 0.25) is 0 Å². The minimum absolute atomic E-state index is 0.425. The third-order valence-corrected chi connectivity index (χ3v) is 2.86. The van der Waals surface area contributed by atoms with E-state index in [0.717, 1.165) is 12.7 Å². The summed E-state index contributed by atoms with van der Waals surface area (Å²) in [5, 5.41) is 2.22. The van der Waals surface area contributed by atoms with Crippen LogP contribution in [0.15, 0.2) is 24.3 Å². The lowest BCUT2D eigenvalue weighted by Crippen LogP contribution is -2.50. The number of carbonyl (C=O) groups is 1. The fourth-order valence-corrected chi connectivity index (χ4v) is 1.66. The standard InChI is InChI=1S/C13H16F3NO2/c1-9-4-6-10(7-5-9)12(2,11(18)19-3)17-8-13(14,15)16/h4-7,17H,8H2,1-3H3. The van der Waals surface area contributed by atoms with E-state index in [9.17, 15) is 18.0 Å². The Bertz CT molecular complexity index is 442. The fraction of sp³-hybridized carbons (Fsp3) is 0.462. The Hall–Kier alpha value is -1.56. The van der Waals surface area contributed by atoms with Crippen LogP contribution >= 0.6 is 0 Å². The van der Waals surface area contributed by atoms with Crippen LogP contribution in [0, 0.1) is 6.92 Å². The first kappa shape index (κ1) is 15.5. The molecule has 19 heavy (non-hydrogen) atoms. The zero-order chi connectivity index (χ0) is 14.7. The molecule has 1 atom stereocenters. The van der Waals surface area contributed by atoms with E-state index in [1.54, 1.807) is 24.3 Å². The maximum atomic E-state index is 12.3. The molecule has 1 unspecified atom stereocenters. The van der Waals surface area contributed by atoms with E-state index in [0.29, 0.717) is 5.56 Å². The van der Waals surface area contributed by atoms with Gasteiger partial charge in [0.1, 0.15) is 5.54 Å². The van der Waals surface area contributed by atoms with Crippen LogP contribution in [0.5, 0.6) is 0 Å². The van der Waals surface area contributed by atoms with E-state index in [1.807, 2.05) is 6.92 Å². The number of methoxy groups -OCH3 is 1. The molecule has 0 aliphatic heterocycles. The molecule has 1 aromatic rings. The molecule has 106 valence electrons. The van der Waals surface area contributed by atoms with Crippen LogP contribution in [0.25, 0.3) is 0 Å². The van der Waals surface area contributed by atoms with Gasteiger partial charge in [-0.3, -0.25) is 5.32 Å². The van der Waals surface area contributed by atoms with Gasteiger partial charge in [-0.25, -0.2) is 4.79 Å². The number of nitrogens with one attached hydrogen (secondary N) is 1. The number of halogens is 3. The summed E-state index contributed by atoms with van der Waals surface area (Å²) in [4.78, 5) is 11.8. The average molecular weight is 275 g/mol. The molecule has 0 aliphatic rings. The molecular weight excluding hydrogens is 259 g/mol. The van der Waals surface area contributed by atoms with Crippen LogP contribution < -0.4 is 5.32 Å². The normalized spacial score (nSPS) is 14.8. The average Bonchev–Trinajstić information content (AvgIpc) is 2.35. The molecule has 0 aromatic heterocycles. The molecule has 1 rings (SSSR count). The van der Waals surface area contributed by atoms with Crippen molar-refractivity contribution in [2.24, 2.45) is 0 Å². The first-order chi connectivity index (χ1) is 8.69. The number of hydrogen-bond donors (Lipinski definition) is 1. The topological polar surface area (TPSA) is 38.3 Å². The van der Waals surface area contributed by atoms with Crippen molar-refractivity contribution >= 4 is 5.97 Å². The minimum atomic E-state index is -4.40. The molecule has 0 aliphatic carbocycles. The summed E-state index contributed by atoms with van der Waals surface area (Å²) in [6.45, 7) is 1.95. The van der Waals surface area contributed by atoms with E-state index in [-0.39, 0.29) is 0 Å². The number of esters is 1. The first-order valence-corrected chi connectivity index (χ1v) is 5.66. The molecule has 0 spiro atoms. The second kappa shape index (κ2) is 5.61. The first-order valence-electron chi connectivity index (χ1n) is 5.66. The van der Waals surface area contributed by atoms with Crippen molar-refractivity contribution in [1.82, 2.24) is 5.32 Å². The van der Waals surface area contributed by atoms with Gasteiger partial charge in [0.15, 0.2) is 0 Å². The molecule has 0 saturated heterocycles. The largest absolute Gasteiger partial charge is 0.467 e. The summed E-state index contributed by atoms with van der Waals surface area (Å²) in [5.74, 6) is -0.763. The molecule has 1 aromatic carbocycles. The van der Waals surface area contributed by atoms with Crippen LogP contribution in [0.4, 0.5) is 13.2 Å². The monoisotopic (exact) mass is 275 g/mol. The van der Waals surface area contributed by atoms with Crippen LogP contribution in [-0.4, -0.2) is 25.8 Å². The zero-order valence-electron chi connectivity index (χ0n) is 11.0. The van der Waals surface area contributed by atoms with Crippen molar-refractivity contribution in [2.75, 3.05) is 13.7 Å². The Morgan fingerprint density at radius 1 is 1.26 bits per heavy atom. The predicted octanol–water partition coefficient (Wildman–Crippen LogP) is 2.54. The highest BCUT2D eigenvalue weighted by Crippen LogP contribution is 2.25. The second-order valence-electron chi connectivity index (χ2n) is 4.45. The van der Waals surface area contributed by atoms with Gasteiger partial charge in [-0.2, -0.15) is 13.2 Å². The lowest BCUT2D eigenvalue weighted by Gasteiger charge is -2.29. The summed E-state index contributed by atoms with van der Waals surface area (Å²) in [5.41, 5.74) is -0.154. The van der Waals surface area contributed by atoms with Crippen LogP contribution in [0.2, 0.25) is 0 Å². The fourth-order valence-electron chi connectivity index (χ4n) is 1.66. The van der Waals surface area contributed by atoms with Gasteiger partial charge < -0.3 is 4.74 Å². The van der Waals surface area contributed by atoms with Crippen molar-refractivity contribution in [3.63, 3.8) is 0 Å². The quantitative estimate of drug-likeness (QED) is 0.858. The lowest BCUT2D eigenvalue weighted by molar-refractivity contribution is -0.153. The highest BCUT2D eigenvalue weighted by atomic mass is 19.4. The zero-order valence-corrected chi connectivity index (χ0v) is 11.0. The number of aryl methyl sites for hydroxylation is 1. The molecule has 0 fully saturated rings. The number of hydrogen-bond acceptors (Lipinski definition) is 3. The Kier molecular flexibility index (Phi) is 4.57. The molecule has 6 heteroatoms. The lowest BCUT2D eigenvalue weighted by atomic mass is 9.91. The number of rotatable bonds is 4. The molecule has 0 saturated carbocycles. The highest BCUT2D eigenvalue weighted by molar-refractivity contribution is 5.82. The Labute approximate surface area is 109 Å². The van der Waals surface area contributed by atoms with Crippen molar-refractivity contribution < 1.29 is 22.7 Å². The van der Waals surface area contributed by atoms with Crippen LogP contribution in [0.3, 0.4) is 0 Å². The number of benzene rings is 1. The highest BCUT2D eigenvalue weighted by Gasteiger charge is 2.40. The smallest absolute Gasteiger partial charge is 0.401 e. The van der Waals surface area contributed by atoms with Crippen molar-refractivity contribution in [2.45, 2.75) is 25.6 Å². The molecule has 1 N–H and O–H groups in total. The summed E-state index contributed by atoms with van der Waals surface area (Å²) in [7, 11) is 1.14. The Balaban J connectivity index is 3.06. The maximum Gasteiger partial charge on any atom is 0.401 e. The minimum Gasteiger partial charge on any atom is -0.467 e. The predicted molar refractivity (Wildman–Crippen MR) is 64.6 cm³/mol. The van der Waals surface area contributed by atoms with Gasteiger partial charge in [-0.15, -0.1) is 0 Å². The summed E-state index contributed by atoms with van der Waals surface area (Å²) in [6, 6.07) is 6.67. The van der Waals surface area contributed by atoms with Crippen molar-refractivity contribution in [3.05, 3.63) is 35.4 Å². The van der Waals surface area contributed by atoms with E-state index in [4.69, 9.17) is 0 Å².